The van der Waals surface area contributed by atoms with E-state index in [0.29, 0.717) is 17.8 Å². The van der Waals surface area contributed by atoms with Gasteiger partial charge in [-0.3, -0.25) is 0 Å². The van der Waals surface area contributed by atoms with Crippen molar-refractivity contribution in [1.82, 2.24) is 9.97 Å². The standard InChI is InChI=1S/C14H15FN2O2/c1-2-3-4-5-12-16-11-7-6-9(15)8-10(11)13(17-12)14(18)19/h6-8H,2-5H2,1H3,(H,18,19). The van der Waals surface area contributed by atoms with Crippen LogP contribution < -0.4 is 0 Å². The predicted molar refractivity (Wildman–Crippen MR) is 69.7 cm³/mol. The molecule has 0 atom stereocenters. The first kappa shape index (κ1) is 13.4. The van der Waals surface area contributed by atoms with Crippen LogP contribution in [0.25, 0.3) is 10.9 Å². The smallest absolute Gasteiger partial charge is 0.355 e. The molecule has 19 heavy (non-hydrogen) atoms. The lowest BCUT2D eigenvalue weighted by Gasteiger charge is -2.05. The van der Waals surface area contributed by atoms with Gasteiger partial charge in [0.1, 0.15) is 11.6 Å². The Morgan fingerprint density at radius 2 is 2.11 bits per heavy atom. The largest absolute Gasteiger partial charge is 0.476 e. The van der Waals surface area contributed by atoms with E-state index in [4.69, 9.17) is 5.11 Å². The first-order valence-electron chi connectivity index (χ1n) is 6.31. The molecule has 2 rings (SSSR count). The van der Waals surface area contributed by atoms with Crippen molar-refractivity contribution in [3.8, 4) is 0 Å². The fourth-order valence-corrected chi connectivity index (χ4v) is 1.96. The van der Waals surface area contributed by atoms with Crippen molar-refractivity contribution in [2.24, 2.45) is 0 Å². The number of carbonyl (C=O) groups is 1. The third-order valence-corrected chi connectivity index (χ3v) is 2.91. The van der Waals surface area contributed by atoms with Crippen molar-refractivity contribution in [2.75, 3.05) is 0 Å². The molecule has 0 aliphatic carbocycles. The minimum Gasteiger partial charge on any atom is -0.476 e. The molecule has 1 aromatic heterocycles. The average Bonchev–Trinajstić information content (AvgIpc) is 2.38. The highest BCUT2D eigenvalue weighted by atomic mass is 19.1. The summed E-state index contributed by atoms with van der Waals surface area (Å²) in [6, 6.07) is 3.92. The van der Waals surface area contributed by atoms with Crippen LogP contribution in [-0.4, -0.2) is 21.0 Å². The van der Waals surface area contributed by atoms with Crippen LogP contribution in [0.5, 0.6) is 0 Å². The van der Waals surface area contributed by atoms with E-state index in [0.717, 1.165) is 25.3 Å². The quantitative estimate of drug-likeness (QED) is 0.840. The maximum absolute atomic E-state index is 13.2. The zero-order valence-corrected chi connectivity index (χ0v) is 10.7. The molecule has 0 aliphatic heterocycles. The molecule has 100 valence electrons. The number of nitrogens with zero attached hydrogens (tertiary/aromatic N) is 2. The summed E-state index contributed by atoms with van der Waals surface area (Å²) in [5, 5.41) is 9.40. The summed E-state index contributed by atoms with van der Waals surface area (Å²) in [5.41, 5.74) is 0.344. The van der Waals surface area contributed by atoms with E-state index in [1.807, 2.05) is 0 Å². The zero-order chi connectivity index (χ0) is 13.8. The molecule has 0 amide bonds. The van der Waals surface area contributed by atoms with Crippen LogP contribution in [0.15, 0.2) is 18.2 Å². The van der Waals surface area contributed by atoms with E-state index in [9.17, 15) is 9.18 Å². The summed E-state index contributed by atoms with van der Waals surface area (Å²) in [4.78, 5) is 19.5. The number of carboxylic acid groups (broad SMARTS) is 1. The summed E-state index contributed by atoms with van der Waals surface area (Å²) in [7, 11) is 0. The SMILES string of the molecule is CCCCCc1nc(C(=O)O)c2cc(F)ccc2n1. The first-order valence-corrected chi connectivity index (χ1v) is 6.31. The van der Waals surface area contributed by atoms with Crippen molar-refractivity contribution in [1.29, 1.82) is 0 Å². The van der Waals surface area contributed by atoms with E-state index >= 15 is 0 Å². The normalized spacial score (nSPS) is 10.8. The molecule has 0 radical (unpaired) electrons. The lowest BCUT2D eigenvalue weighted by Crippen LogP contribution is -2.07. The summed E-state index contributed by atoms with van der Waals surface area (Å²) in [6.07, 6.45) is 3.68. The molecule has 0 spiro atoms. The third kappa shape index (κ3) is 3.05. The van der Waals surface area contributed by atoms with Gasteiger partial charge in [-0.15, -0.1) is 0 Å². The van der Waals surface area contributed by atoms with Gasteiger partial charge in [0.25, 0.3) is 0 Å². The van der Waals surface area contributed by atoms with Crippen molar-refractivity contribution in [2.45, 2.75) is 32.6 Å². The Morgan fingerprint density at radius 3 is 2.79 bits per heavy atom. The van der Waals surface area contributed by atoms with Gasteiger partial charge >= 0.3 is 5.97 Å². The van der Waals surface area contributed by atoms with Crippen LogP contribution in [-0.2, 0) is 6.42 Å². The summed E-state index contributed by atoms with van der Waals surface area (Å²) in [5.74, 6) is -1.14. The van der Waals surface area contributed by atoms with E-state index in [2.05, 4.69) is 16.9 Å². The second-order valence-corrected chi connectivity index (χ2v) is 4.41. The van der Waals surface area contributed by atoms with Crippen molar-refractivity contribution in [3.63, 3.8) is 0 Å². The van der Waals surface area contributed by atoms with Gasteiger partial charge in [0.2, 0.25) is 0 Å². The molecular formula is C14H15FN2O2. The lowest BCUT2D eigenvalue weighted by molar-refractivity contribution is 0.0692. The van der Waals surface area contributed by atoms with Gasteiger partial charge < -0.3 is 5.11 Å². The summed E-state index contributed by atoms with van der Waals surface area (Å²) < 4.78 is 13.2. The van der Waals surface area contributed by atoms with Gasteiger partial charge in [-0.1, -0.05) is 19.8 Å². The van der Waals surface area contributed by atoms with Crippen molar-refractivity contribution >= 4 is 16.9 Å². The number of halogens is 1. The van der Waals surface area contributed by atoms with E-state index in [-0.39, 0.29) is 11.1 Å². The molecule has 5 heteroatoms. The highest BCUT2D eigenvalue weighted by Gasteiger charge is 2.14. The molecule has 0 aliphatic rings. The van der Waals surface area contributed by atoms with Crippen LogP contribution in [0, 0.1) is 5.82 Å². The third-order valence-electron chi connectivity index (χ3n) is 2.91. The van der Waals surface area contributed by atoms with Gasteiger partial charge in [0, 0.05) is 11.8 Å². The molecule has 2 aromatic rings. The second-order valence-electron chi connectivity index (χ2n) is 4.41. The van der Waals surface area contributed by atoms with E-state index in [1.165, 1.54) is 12.1 Å². The van der Waals surface area contributed by atoms with Gasteiger partial charge in [0.05, 0.1) is 5.52 Å². The first-order chi connectivity index (χ1) is 9.11. The second kappa shape index (κ2) is 5.73. The number of hydrogen-bond donors (Lipinski definition) is 1. The molecule has 4 nitrogen and oxygen atoms in total. The van der Waals surface area contributed by atoms with Crippen LogP contribution >= 0.6 is 0 Å². The summed E-state index contributed by atoms with van der Waals surface area (Å²) in [6.45, 7) is 2.09. The number of benzene rings is 1. The molecule has 1 aromatic carbocycles. The lowest BCUT2D eigenvalue weighted by atomic mass is 10.1. The summed E-state index contributed by atoms with van der Waals surface area (Å²) >= 11 is 0. The van der Waals surface area contributed by atoms with Crippen LogP contribution in [0.2, 0.25) is 0 Å². The van der Waals surface area contributed by atoms with Crippen LogP contribution in [0.1, 0.15) is 42.5 Å². The van der Waals surface area contributed by atoms with Crippen molar-refractivity contribution in [3.05, 3.63) is 35.5 Å². The Labute approximate surface area is 110 Å². The number of aromatic carboxylic acids is 1. The highest BCUT2D eigenvalue weighted by Crippen LogP contribution is 2.18. The number of aryl methyl sites for hydroxylation is 1. The molecule has 0 fully saturated rings. The molecule has 1 heterocycles. The fraction of sp³-hybridized carbons (Fsp3) is 0.357. The molecule has 0 saturated heterocycles. The van der Waals surface area contributed by atoms with E-state index in [1.54, 1.807) is 0 Å². The Balaban J connectivity index is 2.46. The maximum atomic E-state index is 13.2. The Kier molecular flexibility index (Phi) is 4.04. The molecule has 0 unspecified atom stereocenters. The fourth-order valence-electron chi connectivity index (χ4n) is 1.96. The topological polar surface area (TPSA) is 63.1 Å². The number of aromatic nitrogens is 2. The average molecular weight is 262 g/mol. The number of unbranched alkanes of at least 4 members (excludes halogenated alkanes) is 2. The number of rotatable bonds is 5. The number of carboxylic acids is 1. The molecule has 0 bridgehead atoms. The number of fused-ring (bicyclic) bond motifs is 1. The van der Waals surface area contributed by atoms with Crippen LogP contribution in [0.4, 0.5) is 4.39 Å². The molecule has 0 saturated carbocycles. The Bertz CT molecular complexity index is 614. The zero-order valence-electron chi connectivity index (χ0n) is 10.7. The van der Waals surface area contributed by atoms with Crippen LogP contribution in [0.3, 0.4) is 0 Å². The minimum atomic E-state index is -1.16. The minimum absolute atomic E-state index is 0.129. The van der Waals surface area contributed by atoms with E-state index < -0.39 is 11.8 Å². The maximum Gasteiger partial charge on any atom is 0.355 e. The number of hydrogen-bond acceptors (Lipinski definition) is 3. The van der Waals surface area contributed by atoms with Crippen molar-refractivity contribution < 1.29 is 14.3 Å². The molecule has 1 N–H and O–H groups in total. The van der Waals surface area contributed by atoms with Gasteiger partial charge in [0.15, 0.2) is 5.69 Å². The Hall–Kier alpha value is -2.04. The van der Waals surface area contributed by atoms with Gasteiger partial charge in [-0.2, -0.15) is 0 Å². The van der Waals surface area contributed by atoms with Gasteiger partial charge in [-0.05, 0) is 24.6 Å². The molecular weight excluding hydrogens is 247 g/mol. The highest BCUT2D eigenvalue weighted by molar-refractivity contribution is 6.00. The predicted octanol–water partition coefficient (Wildman–Crippen LogP) is 3.20. The Morgan fingerprint density at radius 1 is 1.32 bits per heavy atom. The van der Waals surface area contributed by atoms with Gasteiger partial charge in [-0.25, -0.2) is 19.2 Å². The monoisotopic (exact) mass is 262 g/mol.